The average molecular weight is 401 g/mol. The molecule has 1 aromatic carbocycles. The number of carbonyl (C=O) groups is 1. The second-order valence-electron chi connectivity index (χ2n) is 6.16. The lowest BCUT2D eigenvalue weighted by Gasteiger charge is -2.08. The van der Waals surface area contributed by atoms with Gasteiger partial charge in [-0.25, -0.2) is 0 Å². The number of benzene rings is 1. The zero-order valence-electron chi connectivity index (χ0n) is 16.4. The van der Waals surface area contributed by atoms with Crippen LogP contribution in [0.25, 0.3) is 11.3 Å². The third-order valence-electron chi connectivity index (χ3n) is 4.23. The van der Waals surface area contributed by atoms with Gasteiger partial charge in [0.2, 0.25) is 5.13 Å². The van der Waals surface area contributed by atoms with Crippen LogP contribution in [-0.2, 0) is 13.5 Å². The molecule has 0 atom stereocenters. The quantitative estimate of drug-likeness (QED) is 0.621. The van der Waals surface area contributed by atoms with E-state index >= 15 is 0 Å². The first-order chi connectivity index (χ1) is 13.5. The van der Waals surface area contributed by atoms with Crippen LogP contribution in [-0.4, -0.2) is 40.1 Å². The molecule has 0 radical (unpaired) electrons. The van der Waals surface area contributed by atoms with Crippen LogP contribution in [0.4, 0.5) is 5.13 Å². The highest BCUT2D eigenvalue weighted by Gasteiger charge is 2.18. The van der Waals surface area contributed by atoms with Gasteiger partial charge < -0.3 is 9.47 Å². The molecule has 0 fully saturated rings. The number of aromatic nitrogens is 4. The molecule has 9 heteroatoms. The summed E-state index contributed by atoms with van der Waals surface area (Å²) in [4.78, 5) is 12.7. The number of nitrogens with zero attached hydrogens (tertiary/aromatic N) is 4. The minimum Gasteiger partial charge on any atom is -0.497 e. The predicted octanol–water partition coefficient (Wildman–Crippen LogP) is 3.55. The molecule has 0 aliphatic heterocycles. The number of nitrogens with one attached hydrogen (secondary N) is 1. The summed E-state index contributed by atoms with van der Waals surface area (Å²) in [5, 5.41) is 16.8. The zero-order valence-corrected chi connectivity index (χ0v) is 17.2. The molecule has 0 unspecified atom stereocenters. The Balaban J connectivity index is 1.82. The smallest absolute Gasteiger partial charge is 0.275 e. The van der Waals surface area contributed by atoms with E-state index in [0.29, 0.717) is 28.0 Å². The summed E-state index contributed by atoms with van der Waals surface area (Å²) in [5.41, 5.74) is 1.77. The Morgan fingerprint density at radius 3 is 2.75 bits per heavy atom. The highest BCUT2D eigenvalue weighted by Crippen LogP contribution is 2.33. The summed E-state index contributed by atoms with van der Waals surface area (Å²) >= 11 is 1.40. The lowest BCUT2D eigenvalue weighted by atomic mass is 10.1. The lowest BCUT2D eigenvalue weighted by Crippen LogP contribution is -2.15. The van der Waals surface area contributed by atoms with E-state index in [9.17, 15) is 4.79 Å². The van der Waals surface area contributed by atoms with Crippen molar-refractivity contribution in [3.8, 4) is 22.8 Å². The van der Waals surface area contributed by atoms with Crippen molar-refractivity contribution in [1.82, 2.24) is 20.0 Å². The second-order valence-corrected chi connectivity index (χ2v) is 7.23. The van der Waals surface area contributed by atoms with Gasteiger partial charge in [0.25, 0.3) is 5.91 Å². The van der Waals surface area contributed by atoms with Crippen molar-refractivity contribution < 1.29 is 14.3 Å². The maximum absolute atomic E-state index is 12.7. The van der Waals surface area contributed by atoms with Gasteiger partial charge in [0, 0.05) is 19.0 Å². The molecule has 1 N–H and O–H groups in total. The van der Waals surface area contributed by atoms with Crippen LogP contribution >= 0.6 is 11.3 Å². The van der Waals surface area contributed by atoms with E-state index in [1.54, 1.807) is 27.3 Å². The molecule has 8 nitrogen and oxygen atoms in total. The minimum absolute atomic E-state index is 0.290. The number of rotatable bonds is 8. The first kappa shape index (κ1) is 19.8. The fourth-order valence-electron chi connectivity index (χ4n) is 2.72. The molecule has 0 spiro atoms. The molecule has 1 amide bonds. The predicted molar refractivity (Wildman–Crippen MR) is 108 cm³/mol. The Hall–Kier alpha value is -2.94. The number of carbonyl (C=O) groups excluding carboxylic acids is 1. The molecule has 0 aliphatic rings. The maximum Gasteiger partial charge on any atom is 0.275 e. The molecule has 2 aromatic heterocycles. The average Bonchev–Trinajstić information content (AvgIpc) is 3.32. The van der Waals surface area contributed by atoms with Gasteiger partial charge in [0.15, 0.2) is 0 Å². The van der Waals surface area contributed by atoms with Gasteiger partial charge in [-0.05, 0) is 30.7 Å². The van der Waals surface area contributed by atoms with Gasteiger partial charge in [-0.15, -0.1) is 10.2 Å². The van der Waals surface area contributed by atoms with Gasteiger partial charge in [0.05, 0.1) is 19.9 Å². The first-order valence-electron chi connectivity index (χ1n) is 8.95. The summed E-state index contributed by atoms with van der Waals surface area (Å²) in [6, 6.07) is 7.16. The Morgan fingerprint density at radius 1 is 1.21 bits per heavy atom. The molecule has 28 heavy (non-hydrogen) atoms. The molecule has 2 heterocycles. The fourth-order valence-corrected chi connectivity index (χ4v) is 3.50. The Kier molecular flexibility index (Phi) is 6.25. The van der Waals surface area contributed by atoms with Crippen LogP contribution in [0.1, 0.15) is 35.3 Å². The van der Waals surface area contributed by atoms with E-state index in [0.717, 1.165) is 29.8 Å². The highest BCUT2D eigenvalue weighted by atomic mass is 32.1. The van der Waals surface area contributed by atoms with Crippen molar-refractivity contribution >= 4 is 22.4 Å². The van der Waals surface area contributed by atoms with E-state index < -0.39 is 0 Å². The molecular formula is C19H23N5O3S. The van der Waals surface area contributed by atoms with Crippen molar-refractivity contribution in [1.29, 1.82) is 0 Å². The van der Waals surface area contributed by atoms with Crippen LogP contribution in [0.3, 0.4) is 0 Å². The minimum atomic E-state index is -0.290. The van der Waals surface area contributed by atoms with Gasteiger partial charge >= 0.3 is 0 Å². The first-order valence-corrected chi connectivity index (χ1v) is 9.77. The van der Waals surface area contributed by atoms with Crippen LogP contribution in [0.5, 0.6) is 11.5 Å². The van der Waals surface area contributed by atoms with Gasteiger partial charge in [-0.3, -0.25) is 14.8 Å². The van der Waals surface area contributed by atoms with Crippen molar-refractivity contribution in [3.05, 3.63) is 35.0 Å². The van der Waals surface area contributed by atoms with Crippen molar-refractivity contribution in [2.24, 2.45) is 7.05 Å². The van der Waals surface area contributed by atoms with E-state index in [-0.39, 0.29) is 5.91 Å². The van der Waals surface area contributed by atoms with Crippen LogP contribution in [0, 0.1) is 0 Å². The SMILES string of the molecule is CCCCc1nnc(NC(=O)c2cc(-c3cc(OC)ccc3OC)nn2C)s1. The number of ether oxygens (including phenoxy) is 2. The summed E-state index contributed by atoms with van der Waals surface area (Å²) in [6.07, 6.45) is 3.01. The zero-order chi connectivity index (χ0) is 20.1. The van der Waals surface area contributed by atoms with E-state index in [1.165, 1.54) is 16.0 Å². The number of unbranched alkanes of at least 4 members (excludes halogenated alkanes) is 1. The largest absolute Gasteiger partial charge is 0.497 e. The van der Waals surface area contributed by atoms with Gasteiger partial charge in [-0.1, -0.05) is 24.7 Å². The summed E-state index contributed by atoms with van der Waals surface area (Å²) < 4.78 is 12.2. The number of hydrogen-bond acceptors (Lipinski definition) is 7. The van der Waals surface area contributed by atoms with E-state index in [4.69, 9.17) is 9.47 Å². The number of hydrogen-bond donors (Lipinski definition) is 1. The molecule has 148 valence electrons. The standard InChI is InChI=1S/C19H23N5O3S/c1-5-6-7-17-21-22-19(28-17)20-18(25)15-11-14(23-24(15)2)13-10-12(26-3)8-9-16(13)27-4/h8-11H,5-7H2,1-4H3,(H,20,22,25). The molecule has 0 saturated carbocycles. The Morgan fingerprint density at radius 2 is 2.04 bits per heavy atom. The number of amides is 1. The van der Waals surface area contributed by atoms with Crippen molar-refractivity contribution in [3.63, 3.8) is 0 Å². The second kappa shape index (κ2) is 8.83. The molecule has 3 aromatic rings. The molecular weight excluding hydrogens is 378 g/mol. The summed E-state index contributed by atoms with van der Waals surface area (Å²) in [5.74, 6) is 1.04. The third-order valence-corrected chi connectivity index (χ3v) is 5.13. The molecule has 0 aliphatic carbocycles. The van der Waals surface area contributed by atoms with E-state index in [2.05, 4.69) is 27.5 Å². The highest BCUT2D eigenvalue weighted by molar-refractivity contribution is 7.15. The van der Waals surface area contributed by atoms with Crippen molar-refractivity contribution in [2.45, 2.75) is 26.2 Å². The van der Waals surface area contributed by atoms with E-state index in [1.807, 2.05) is 18.2 Å². The Bertz CT molecular complexity index is 966. The Labute approximate surface area is 167 Å². The monoisotopic (exact) mass is 401 g/mol. The third kappa shape index (κ3) is 4.30. The molecule has 0 bridgehead atoms. The van der Waals surface area contributed by atoms with Crippen LogP contribution in [0.2, 0.25) is 0 Å². The fraction of sp³-hybridized carbons (Fsp3) is 0.368. The molecule has 0 saturated heterocycles. The maximum atomic E-state index is 12.7. The van der Waals surface area contributed by atoms with Crippen LogP contribution in [0.15, 0.2) is 24.3 Å². The number of methoxy groups -OCH3 is 2. The van der Waals surface area contributed by atoms with Crippen molar-refractivity contribution in [2.75, 3.05) is 19.5 Å². The topological polar surface area (TPSA) is 91.2 Å². The van der Waals surface area contributed by atoms with Gasteiger partial charge in [0.1, 0.15) is 22.2 Å². The lowest BCUT2D eigenvalue weighted by molar-refractivity contribution is 0.101. The summed E-state index contributed by atoms with van der Waals surface area (Å²) in [6.45, 7) is 2.13. The molecule has 3 rings (SSSR count). The number of aryl methyl sites for hydroxylation is 2. The summed E-state index contributed by atoms with van der Waals surface area (Å²) in [7, 11) is 4.91. The number of anilines is 1. The normalized spacial score (nSPS) is 10.7. The van der Waals surface area contributed by atoms with Gasteiger partial charge in [-0.2, -0.15) is 5.10 Å². The van der Waals surface area contributed by atoms with Crippen LogP contribution < -0.4 is 14.8 Å².